The number of halogens is 2. The van der Waals surface area contributed by atoms with Crippen molar-refractivity contribution in [3.8, 4) is 0 Å². The van der Waals surface area contributed by atoms with E-state index < -0.39 is 11.6 Å². The molecule has 1 aliphatic rings. The van der Waals surface area contributed by atoms with E-state index in [1.165, 1.54) is 0 Å². The van der Waals surface area contributed by atoms with E-state index in [9.17, 15) is 8.78 Å². The van der Waals surface area contributed by atoms with E-state index in [-0.39, 0.29) is 6.04 Å². The Labute approximate surface area is 133 Å². The molecule has 1 N–H and O–H groups in total. The molecule has 3 heterocycles. The molecule has 2 aromatic heterocycles. The molecule has 4 rings (SSSR count). The first-order chi connectivity index (χ1) is 11.2. The molecular formula is C18H17F2N3. The van der Waals surface area contributed by atoms with Crippen molar-refractivity contribution in [2.24, 2.45) is 0 Å². The number of rotatable bonds is 3. The lowest BCUT2D eigenvalue weighted by Gasteiger charge is -2.24. The highest BCUT2D eigenvalue weighted by atomic mass is 19.2. The Morgan fingerprint density at radius 2 is 2.13 bits per heavy atom. The van der Waals surface area contributed by atoms with Crippen LogP contribution in [0.1, 0.15) is 30.1 Å². The fraction of sp³-hybridized carbons (Fsp3) is 0.278. The van der Waals surface area contributed by atoms with Crippen LogP contribution in [0.3, 0.4) is 0 Å². The van der Waals surface area contributed by atoms with Crippen LogP contribution < -0.4 is 0 Å². The van der Waals surface area contributed by atoms with Gasteiger partial charge in [0, 0.05) is 29.4 Å². The van der Waals surface area contributed by atoms with E-state index in [1.807, 2.05) is 12.1 Å². The average Bonchev–Trinajstić information content (AvgIpc) is 3.17. The summed E-state index contributed by atoms with van der Waals surface area (Å²) in [5.74, 6) is -1.52. The van der Waals surface area contributed by atoms with Crippen molar-refractivity contribution in [2.75, 3.05) is 6.54 Å². The summed E-state index contributed by atoms with van der Waals surface area (Å²) in [5, 5.41) is 1.08. The predicted octanol–water partition coefficient (Wildman–Crippen LogP) is 4.18. The molecule has 1 saturated heterocycles. The molecule has 0 amide bonds. The predicted molar refractivity (Wildman–Crippen MR) is 84.8 cm³/mol. The summed E-state index contributed by atoms with van der Waals surface area (Å²) in [5.41, 5.74) is 2.37. The van der Waals surface area contributed by atoms with E-state index in [0.29, 0.717) is 12.1 Å². The molecular weight excluding hydrogens is 296 g/mol. The minimum absolute atomic E-state index is 0.187. The molecule has 0 spiro atoms. The van der Waals surface area contributed by atoms with Crippen molar-refractivity contribution in [1.29, 1.82) is 0 Å². The van der Waals surface area contributed by atoms with Crippen molar-refractivity contribution < 1.29 is 8.78 Å². The molecule has 3 aromatic rings. The molecule has 5 heteroatoms. The van der Waals surface area contributed by atoms with Crippen molar-refractivity contribution in [3.05, 3.63) is 65.5 Å². The van der Waals surface area contributed by atoms with E-state index in [1.54, 1.807) is 18.3 Å². The van der Waals surface area contributed by atoms with E-state index in [4.69, 9.17) is 0 Å². The number of likely N-dealkylation sites (tertiary alicyclic amines) is 1. The van der Waals surface area contributed by atoms with Crippen LogP contribution in [0.15, 0.2) is 42.6 Å². The number of benzene rings is 1. The molecule has 0 radical (unpaired) electrons. The fourth-order valence-electron chi connectivity index (χ4n) is 3.42. The Morgan fingerprint density at radius 3 is 3.00 bits per heavy atom. The molecule has 1 aliphatic heterocycles. The third-order valence-corrected chi connectivity index (χ3v) is 4.54. The lowest BCUT2D eigenvalue weighted by atomic mass is 10.1. The largest absolute Gasteiger partial charge is 0.342 e. The Morgan fingerprint density at radius 1 is 1.22 bits per heavy atom. The second-order valence-electron chi connectivity index (χ2n) is 6.01. The third kappa shape index (κ3) is 2.61. The Kier molecular flexibility index (Phi) is 3.58. The van der Waals surface area contributed by atoms with Crippen LogP contribution in [0.25, 0.3) is 11.0 Å². The Balaban J connectivity index is 1.62. The van der Waals surface area contributed by atoms with Crippen LogP contribution in [-0.4, -0.2) is 21.4 Å². The monoisotopic (exact) mass is 313 g/mol. The molecule has 1 atom stereocenters. The van der Waals surface area contributed by atoms with Crippen molar-refractivity contribution >= 4 is 11.0 Å². The molecule has 118 valence electrons. The molecule has 0 bridgehead atoms. The maximum absolute atomic E-state index is 13.9. The molecule has 1 fully saturated rings. The zero-order valence-corrected chi connectivity index (χ0v) is 12.6. The first kappa shape index (κ1) is 14.3. The van der Waals surface area contributed by atoms with Crippen molar-refractivity contribution in [3.63, 3.8) is 0 Å². The summed E-state index contributed by atoms with van der Waals surface area (Å²) in [7, 11) is 0. The second-order valence-corrected chi connectivity index (χ2v) is 6.01. The SMILES string of the molecule is Fc1cccc(CN2CCC[C@H]2c2cc3cccnc3[nH]2)c1F. The number of hydrogen-bond acceptors (Lipinski definition) is 2. The van der Waals surface area contributed by atoms with Crippen LogP contribution in [0.5, 0.6) is 0 Å². The van der Waals surface area contributed by atoms with E-state index in [0.717, 1.165) is 42.2 Å². The highest BCUT2D eigenvalue weighted by molar-refractivity contribution is 5.76. The van der Waals surface area contributed by atoms with Crippen molar-refractivity contribution in [1.82, 2.24) is 14.9 Å². The number of fused-ring (bicyclic) bond motifs is 1. The van der Waals surface area contributed by atoms with Gasteiger partial charge in [0.1, 0.15) is 5.65 Å². The summed E-state index contributed by atoms with van der Waals surface area (Å²) in [4.78, 5) is 9.88. The number of nitrogens with one attached hydrogen (secondary N) is 1. The Hall–Kier alpha value is -2.27. The van der Waals surface area contributed by atoms with Gasteiger partial charge in [0.05, 0.1) is 6.04 Å². The molecule has 0 saturated carbocycles. The highest BCUT2D eigenvalue weighted by Crippen LogP contribution is 2.34. The quantitative estimate of drug-likeness (QED) is 0.786. The lowest BCUT2D eigenvalue weighted by molar-refractivity contribution is 0.241. The third-order valence-electron chi connectivity index (χ3n) is 4.54. The van der Waals surface area contributed by atoms with Gasteiger partial charge in [-0.15, -0.1) is 0 Å². The van der Waals surface area contributed by atoms with Gasteiger partial charge in [-0.25, -0.2) is 13.8 Å². The summed E-state index contributed by atoms with van der Waals surface area (Å²) < 4.78 is 27.3. The lowest BCUT2D eigenvalue weighted by Crippen LogP contribution is -2.23. The number of pyridine rings is 1. The van der Waals surface area contributed by atoms with Gasteiger partial charge in [-0.05, 0) is 43.7 Å². The summed E-state index contributed by atoms with van der Waals surface area (Å²) >= 11 is 0. The summed E-state index contributed by atoms with van der Waals surface area (Å²) in [6.07, 6.45) is 3.81. The smallest absolute Gasteiger partial charge is 0.163 e. The van der Waals surface area contributed by atoms with Gasteiger partial charge < -0.3 is 4.98 Å². The number of aromatic nitrogens is 2. The van der Waals surface area contributed by atoms with Gasteiger partial charge >= 0.3 is 0 Å². The van der Waals surface area contributed by atoms with Gasteiger partial charge in [-0.1, -0.05) is 12.1 Å². The van der Waals surface area contributed by atoms with Crippen LogP contribution in [-0.2, 0) is 6.54 Å². The molecule has 1 aromatic carbocycles. The van der Waals surface area contributed by atoms with Gasteiger partial charge in [-0.3, -0.25) is 4.90 Å². The van der Waals surface area contributed by atoms with Crippen LogP contribution in [0, 0.1) is 11.6 Å². The fourth-order valence-corrected chi connectivity index (χ4v) is 3.42. The van der Waals surface area contributed by atoms with E-state index >= 15 is 0 Å². The minimum Gasteiger partial charge on any atom is -0.342 e. The standard InChI is InChI=1S/C18H17F2N3/c19-14-6-1-4-13(17(14)20)11-23-9-3-7-16(23)15-10-12-5-2-8-21-18(12)22-15/h1-2,4-6,8,10,16H,3,7,9,11H2,(H,21,22)/t16-/m0/s1. The van der Waals surface area contributed by atoms with Gasteiger partial charge in [0.25, 0.3) is 0 Å². The second kappa shape index (κ2) is 5.74. The number of aromatic amines is 1. The van der Waals surface area contributed by atoms with Gasteiger partial charge in [0.15, 0.2) is 11.6 Å². The first-order valence-electron chi connectivity index (χ1n) is 7.83. The normalized spacial score (nSPS) is 18.8. The zero-order chi connectivity index (χ0) is 15.8. The van der Waals surface area contributed by atoms with Gasteiger partial charge in [0.2, 0.25) is 0 Å². The number of H-pyrrole nitrogens is 1. The maximum Gasteiger partial charge on any atom is 0.163 e. The molecule has 3 nitrogen and oxygen atoms in total. The number of nitrogens with zero attached hydrogens (tertiary/aromatic N) is 2. The van der Waals surface area contributed by atoms with Crippen LogP contribution in [0.4, 0.5) is 8.78 Å². The topological polar surface area (TPSA) is 31.9 Å². The molecule has 0 unspecified atom stereocenters. The van der Waals surface area contributed by atoms with Gasteiger partial charge in [-0.2, -0.15) is 0 Å². The molecule has 23 heavy (non-hydrogen) atoms. The van der Waals surface area contributed by atoms with Crippen LogP contribution >= 0.6 is 0 Å². The van der Waals surface area contributed by atoms with Crippen LogP contribution in [0.2, 0.25) is 0 Å². The van der Waals surface area contributed by atoms with E-state index in [2.05, 4.69) is 20.9 Å². The molecule has 0 aliphatic carbocycles. The van der Waals surface area contributed by atoms with Crippen molar-refractivity contribution in [2.45, 2.75) is 25.4 Å². The average molecular weight is 313 g/mol. The minimum atomic E-state index is -0.784. The maximum atomic E-state index is 13.9. The Bertz CT molecular complexity index is 810. The first-order valence-corrected chi connectivity index (χ1v) is 7.83. The zero-order valence-electron chi connectivity index (χ0n) is 12.6. The highest BCUT2D eigenvalue weighted by Gasteiger charge is 2.28. The number of hydrogen-bond donors (Lipinski definition) is 1. The summed E-state index contributed by atoms with van der Waals surface area (Å²) in [6, 6.07) is 10.6. The summed E-state index contributed by atoms with van der Waals surface area (Å²) in [6.45, 7) is 1.29.